The number of aliphatic hydroxyl groups is 1. The minimum Gasteiger partial charge on any atom is -0.480 e. The molecule has 0 spiro atoms. The average Bonchev–Trinajstić information content (AvgIpc) is 3.00. The van der Waals surface area contributed by atoms with E-state index in [1.54, 1.807) is 13.8 Å². The number of aliphatic imine (C=N–C) groups is 1. The fraction of sp³-hybridized carbons (Fsp3) is 0.724. The van der Waals surface area contributed by atoms with E-state index < -0.39 is 84.3 Å². The Morgan fingerprint density at radius 2 is 1.10 bits per heavy atom. The molecule has 0 heterocycles. The zero-order chi connectivity index (χ0) is 37.8. The zero-order valence-corrected chi connectivity index (χ0v) is 29.3. The Balaban J connectivity index is 5.67. The number of thiol groups is 1. The standard InChI is InChI=1S/C29H54N10O9S/c1-14(2)10-18(36-23(42)16(30)7-8-22(31)41)24(43)37-19(11-15(3)4)25(44)39-21(13-49)27(46)38-20(12-40)26(45)35-17(28(47)48)6-5-9-34-29(32)33/h14-21,40,49H,5-13,30H2,1-4H3,(H2,31,41)(H,35,45)(H,36,42)(H,37,43)(H,38,46)(H,39,44)(H,47,48)(H4,32,33,34)/t16-,17-,18-,19-,20-,21-/m0/s1. The number of carbonyl (C=O) groups is 7. The summed E-state index contributed by atoms with van der Waals surface area (Å²) >= 11 is 4.12. The van der Waals surface area contributed by atoms with Crippen molar-refractivity contribution in [2.75, 3.05) is 18.9 Å². The van der Waals surface area contributed by atoms with Crippen LogP contribution in [0.4, 0.5) is 0 Å². The van der Waals surface area contributed by atoms with Crippen molar-refractivity contribution in [2.45, 2.75) is 102 Å². The Morgan fingerprint density at radius 3 is 1.53 bits per heavy atom. The molecule has 0 aromatic carbocycles. The lowest BCUT2D eigenvalue weighted by molar-refractivity contribution is -0.142. The molecule has 15 N–H and O–H groups in total. The smallest absolute Gasteiger partial charge is 0.326 e. The second-order valence-corrected chi connectivity index (χ2v) is 12.7. The number of carboxylic acids is 1. The Bertz CT molecular complexity index is 1170. The van der Waals surface area contributed by atoms with E-state index in [0.717, 1.165) is 0 Å². The maximum absolute atomic E-state index is 13.4. The molecule has 0 radical (unpaired) electrons. The Labute approximate surface area is 291 Å². The van der Waals surface area contributed by atoms with Crippen molar-refractivity contribution < 1.29 is 43.8 Å². The third-order valence-corrected chi connectivity index (χ3v) is 7.27. The summed E-state index contributed by atoms with van der Waals surface area (Å²) in [6.45, 7) is 6.47. The molecule has 0 bridgehead atoms. The quantitative estimate of drug-likeness (QED) is 0.0198. The summed E-state index contributed by atoms with van der Waals surface area (Å²) < 4.78 is 0. The predicted molar refractivity (Wildman–Crippen MR) is 183 cm³/mol. The van der Waals surface area contributed by atoms with Crippen LogP contribution < -0.4 is 49.5 Å². The molecule has 20 heteroatoms. The number of aliphatic carboxylic acids is 1. The Kier molecular flexibility index (Phi) is 21.3. The van der Waals surface area contributed by atoms with Crippen LogP contribution in [0.1, 0.15) is 66.2 Å². The number of rotatable bonds is 24. The first-order valence-electron chi connectivity index (χ1n) is 15.9. The van der Waals surface area contributed by atoms with E-state index >= 15 is 0 Å². The maximum atomic E-state index is 13.4. The van der Waals surface area contributed by atoms with Gasteiger partial charge in [-0.1, -0.05) is 27.7 Å². The first kappa shape index (κ1) is 44.8. The van der Waals surface area contributed by atoms with Gasteiger partial charge in [-0.15, -0.1) is 0 Å². The molecular weight excluding hydrogens is 664 g/mol. The third kappa shape index (κ3) is 18.8. The van der Waals surface area contributed by atoms with Crippen molar-refractivity contribution in [3.05, 3.63) is 0 Å². The van der Waals surface area contributed by atoms with Crippen molar-refractivity contribution in [2.24, 2.45) is 39.8 Å². The minimum atomic E-state index is -1.58. The SMILES string of the molecule is CC(C)C[C@H](NC(=O)[C@H](CC(C)C)NC(=O)[C@@H](N)CCC(N)=O)C(=O)N[C@@H](CS)C(=O)N[C@@H](CO)C(=O)N[C@@H](CCCN=C(N)N)C(=O)O. The number of carboxylic acid groups (broad SMARTS) is 1. The van der Waals surface area contributed by atoms with Gasteiger partial charge < -0.3 is 59.7 Å². The first-order valence-corrected chi connectivity index (χ1v) is 16.5. The number of amides is 6. The molecule has 19 nitrogen and oxygen atoms in total. The van der Waals surface area contributed by atoms with Gasteiger partial charge in [-0.3, -0.25) is 33.8 Å². The van der Waals surface area contributed by atoms with Gasteiger partial charge in [0, 0.05) is 18.7 Å². The molecule has 0 saturated carbocycles. The molecule has 0 fully saturated rings. The van der Waals surface area contributed by atoms with E-state index in [-0.39, 0.29) is 68.6 Å². The van der Waals surface area contributed by atoms with Crippen LogP contribution in [0.25, 0.3) is 0 Å². The van der Waals surface area contributed by atoms with E-state index in [1.807, 2.05) is 13.8 Å². The fourth-order valence-electron chi connectivity index (χ4n) is 4.35. The van der Waals surface area contributed by atoms with E-state index in [1.165, 1.54) is 0 Å². The van der Waals surface area contributed by atoms with Gasteiger partial charge in [0.1, 0.15) is 30.2 Å². The van der Waals surface area contributed by atoms with Crippen LogP contribution in [0.15, 0.2) is 4.99 Å². The third-order valence-electron chi connectivity index (χ3n) is 6.91. The summed E-state index contributed by atoms with van der Waals surface area (Å²) in [6.07, 6.45) is 0.346. The lowest BCUT2D eigenvalue weighted by Crippen LogP contribution is -2.60. The van der Waals surface area contributed by atoms with Gasteiger partial charge in [-0.05, 0) is 43.9 Å². The van der Waals surface area contributed by atoms with Gasteiger partial charge in [0.25, 0.3) is 0 Å². The van der Waals surface area contributed by atoms with Gasteiger partial charge in [-0.2, -0.15) is 12.6 Å². The van der Waals surface area contributed by atoms with Gasteiger partial charge in [0.15, 0.2) is 5.96 Å². The summed E-state index contributed by atoms with van der Waals surface area (Å²) in [5, 5.41) is 31.4. The number of carbonyl (C=O) groups excluding carboxylic acids is 6. The molecule has 280 valence electrons. The molecule has 0 aliphatic carbocycles. The van der Waals surface area contributed by atoms with Crippen LogP contribution in [0.5, 0.6) is 0 Å². The van der Waals surface area contributed by atoms with E-state index in [2.05, 4.69) is 44.2 Å². The summed E-state index contributed by atoms with van der Waals surface area (Å²) in [7, 11) is 0. The van der Waals surface area contributed by atoms with Gasteiger partial charge in [-0.25, -0.2) is 4.79 Å². The van der Waals surface area contributed by atoms with Crippen molar-refractivity contribution in [1.82, 2.24) is 26.6 Å². The van der Waals surface area contributed by atoms with Gasteiger partial charge in [0.05, 0.1) is 12.6 Å². The molecule has 0 unspecified atom stereocenters. The van der Waals surface area contributed by atoms with Crippen molar-refractivity contribution in [3.8, 4) is 0 Å². The van der Waals surface area contributed by atoms with Crippen LogP contribution in [0.2, 0.25) is 0 Å². The normalized spacial score (nSPS) is 14.7. The molecule has 0 rings (SSSR count). The van der Waals surface area contributed by atoms with Crippen LogP contribution >= 0.6 is 12.6 Å². The average molecular weight is 719 g/mol. The minimum absolute atomic E-state index is 0.0254. The zero-order valence-electron chi connectivity index (χ0n) is 28.4. The Morgan fingerprint density at radius 1 is 0.673 bits per heavy atom. The summed E-state index contributed by atoms with van der Waals surface area (Å²) in [5.41, 5.74) is 21.5. The monoisotopic (exact) mass is 718 g/mol. The fourth-order valence-corrected chi connectivity index (χ4v) is 4.61. The van der Waals surface area contributed by atoms with Gasteiger partial charge in [0.2, 0.25) is 35.4 Å². The molecule has 0 aliphatic heterocycles. The lowest BCUT2D eigenvalue weighted by atomic mass is 9.99. The van der Waals surface area contributed by atoms with E-state index in [0.29, 0.717) is 0 Å². The molecule has 6 atom stereocenters. The molecule has 6 amide bonds. The molecule has 49 heavy (non-hydrogen) atoms. The highest BCUT2D eigenvalue weighted by molar-refractivity contribution is 7.80. The first-order chi connectivity index (χ1) is 22.8. The largest absolute Gasteiger partial charge is 0.480 e. The van der Waals surface area contributed by atoms with Crippen LogP contribution in [0, 0.1) is 11.8 Å². The molecule has 0 aromatic rings. The Hall–Kier alpha value is -4.17. The molecule has 0 aliphatic rings. The van der Waals surface area contributed by atoms with Crippen LogP contribution in [-0.2, 0) is 33.6 Å². The highest BCUT2D eigenvalue weighted by Crippen LogP contribution is 2.10. The topological polar surface area (TPSA) is 337 Å². The number of guanidine groups is 1. The number of nitrogens with zero attached hydrogens (tertiary/aromatic N) is 1. The molecule has 0 saturated heterocycles. The number of aliphatic hydroxyl groups excluding tert-OH is 1. The highest BCUT2D eigenvalue weighted by Gasteiger charge is 2.33. The van der Waals surface area contributed by atoms with E-state index in [9.17, 15) is 43.8 Å². The summed E-state index contributed by atoms with van der Waals surface area (Å²) in [6, 6.07) is -7.63. The predicted octanol–water partition coefficient (Wildman–Crippen LogP) is -3.84. The number of nitrogens with two attached hydrogens (primary N) is 4. The number of nitrogens with one attached hydrogen (secondary N) is 5. The van der Waals surface area contributed by atoms with Crippen molar-refractivity contribution in [1.29, 1.82) is 0 Å². The maximum Gasteiger partial charge on any atom is 0.326 e. The summed E-state index contributed by atoms with van der Waals surface area (Å²) in [4.78, 5) is 91.6. The number of hydrogen-bond donors (Lipinski definition) is 12. The summed E-state index contributed by atoms with van der Waals surface area (Å²) in [5.74, 6) is -6.62. The number of hydrogen-bond acceptors (Lipinski definition) is 11. The lowest BCUT2D eigenvalue weighted by Gasteiger charge is -2.27. The highest BCUT2D eigenvalue weighted by atomic mass is 32.1. The molecular formula is C29H54N10O9S. The second-order valence-electron chi connectivity index (χ2n) is 12.3. The van der Waals surface area contributed by atoms with Crippen molar-refractivity contribution in [3.63, 3.8) is 0 Å². The second kappa shape index (κ2) is 23.2. The number of primary amides is 1. The van der Waals surface area contributed by atoms with E-state index in [4.69, 9.17) is 22.9 Å². The molecule has 0 aromatic heterocycles. The van der Waals surface area contributed by atoms with Crippen LogP contribution in [0.3, 0.4) is 0 Å². The van der Waals surface area contributed by atoms with Crippen LogP contribution in [-0.4, -0.2) is 113 Å². The van der Waals surface area contributed by atoms with Gasteiger partial charge >= 0.3 is 5.97 Å². The van der Waals surface area contributed by atoms with Crippen molar-refractivity contribution >= 4 is 60.0 Å².